The number of hydrogen-bond donors (Lipinski definition) is 1. The van der Waals surface area contributed by atoms with Crippen molar-refractivity contribution in [2.75, 3.05) is 19.6 Å². The fraction of sp³-hybridized carbons (Fsp3) is 0.941. The van der Waals surface area contributed by atoms with Gasteiger partial charge in [0.1, 0.15) is 5.54 Å². The molecule has 0 amide bonds. The fourth-order valence-electron chi connectivity index (χ4n) is 3.98. The highest BCUT2D eigenvalue weighted by Crippen LogP contribution is 2.38. The molecule has 3 nitrogen and oxygen atoms in total. The monoisotopic (exact) mass is 277 g/mol. The Morgan fingerprint density at radius 3 is 2.50 bits per heavy atom. The van der Waals surface area contributed by atoms with Crippen LogP contribution in [0.5, 0.6) is 0 Å². The molecule has 2 rings (SSSR count). The van der Waals surface area contributed by atoms with Gasteiger partial charge in [0, 0.05) is 6.04 Å². The largest absolute Gasteiger partial charge is 0.300 e. The van der Waals surface area contributed by atoms with E-state index in [0.29, 0.717) is 11.5 Å². The topological polar surface area (TPSA) is 39.1 Å². The molecule has 1 N–H and O–H groups in total. The van der Waals surface area contributed by atoms with Crippen molar-refractivity contribution in [3.8, 4) is 6.07 Å². The maximum atomic E-state index is 9.58. The molecule has 0 aromatic rings. The lowest BCUT2D eigenvalue weighted by molar-refractivity contribution is 0.0515. The molecule has 1 saturated heterocycles. The van der Waals surface area contributed by atoms with Crippen LogP contribution in [-0.4, -0.2) is 36.1 Å². The normalized spacial score (nSPS) is 34.6. The molecule has 2 atom stereocenters. The quantitative estimate of drug-likeness (QED) is 0.857. The van der Waals surface area contributed by atoms with Gasteiger partial charge in [-0.15, -0.1) is 0 Å². The van der Waals surface area contributed by atoms with Crippen LogP contribution in [0.4, 0.5) is 0 Å². The van der Waals surface area contributed by atoms with E-state index < -0.39 is 0 Å². The van der Waals surface area contributed by atoms with Crippen LogP contribution < -0.4 is 5.32 Å². The second kappa shape index (κ2) is 6.45. The number of hydrogen-bond acceptors (Lipinski definition) is 3. The summed E-state index contributed by atoms with van der Waals surface area (Å²) < 4.78 is 0. The first-order valence-electron chi connectivity index (χ1n) is 8.47. The Bertz CT molecular complexity index is 348. The predicted molar refractivity (Wildman–Crippen MR) is 83.5 cm³/mol. The Kier molecular flexibility index (Phi) is 5.09. The molecule has 2 aliphatic rings. The van der Waals surface area contributed by atoms with E-state index in [9.17, 15) is 5.26 Å². The third-order valence-electron chi connectivity index (χ3n) is 5.83. The van der Waals surface area contributed by atoms with Gasteiger partial charge in [-0.3, -0.25) is 5.32 Å². The number of nitrogens with zero attached hydrogens (tertiary/aromatic N) is 2. The third-order valence-corrected chi connectivity index (χ3v) is 5.83. The molecule has 0 bridgehead atoms. The van der Waals surface area contributed by atoms with E-state index in [4.69, 9.17) is 0 Å². The minimum absolute atomic E-state index is 0.261. The average molecular weight is 277 g/mol. The van der Waals surface area contributed by atoms with E-state index in [1.54, 1.807) is 0 Å². The molecule has 1 heterocycles. The summed E-state index contributed by atoms with van der Waals surface area (Å²) in [5.41, 5.74) is 0.294. The van der Waals surface area contributed by atoms with Crippen LogP contribution in [0.1, 0.15) is 65.7 Å². The van der Waals surface area contributed by atoms with Crippen LogP contribution in [0, 0.1) is 16.7 Å². The molecular weight excluding hydrogens is 246 g/mol. The lowest BCUT2D eigenvalue weighted by Crippen LogP contribution is -2.54. The predicted octanol–water partition coefficient (Wildman–Crippen LogP) is 3.31. The molecule has 3 heteroatoms. The van der Waals surface area contributed by atoms with Crippen molar-refractivity contribution in [2.24, 2.45) is 5.41 Å². The van der Waals surface area contributed by atoms with Crippen molar-refractivity contribution >= 4 is 0 Å². The molecule has 0 aromatic carbocycles. The van der Waals surface area contributed by atoms with Gasteiger partial charge in [-0.2, -0.15) is 5.26 Å². The maximum absolute atomic E-state index is 9.58. The number of nitrogens with one attached hydrogen (secondary N) is 1. The molecule has 20 heavy (non-hydrogen) atoms. The Hall–Kier alpha value is -0.590. The van der Waals surface area contributed by atoms with Crippen LogP contribution in [0.25, 0.3) is 0 Å². The number of rotatable bonds is 4. The third kappa shape index (κ3) is 3.35. The van der Waals surface area contributed by atoms with Crippen LogP contribution >= 0.6 is 0 Å². The summed E-state index contributed by atoms with van der Waals surface area (Å²) in [4.78, 5) is 2.67. The van der Waals surface area contributed by atoms with Crippen LogP contribution in [0.2, 0.25) is 0 Å². The molecule has 114 valence electrons. The van der Waals surface area contributed by atoms with Crippen LogP contribution in [-0.2, 0) is 0 Å². The van der Waals surface area contributed by atoms with Crippen LogP contribution in [0.15, 0.2) is 0 Å². The van der Waals surface area contributed by atoms with Crippen molar-refractivity contribution in [3.05, 3.63) is 0 Å². The SMILES string of the molecule is CCNC1(C#N)CCCC(N2CCC(C)(CC)CC2)C1. The van der Waals surface area contributed by atoms with Gasteiger partial charge in [0.2, 0.25) is 0 Å². The summed E-state index contributed by atoms with van der Waals surface area (Å²) in [7, 11) is 0. The first-order chi connectivity index (χ1) is 9.56. The molecular formula is C17H31N3. The van der Waals surface area contributed by atoms with E-state index in [0.717, 1.165) is 19.4 Å². The molecule has 0 radical (unpaired) electrons. The lowest BCUT2D eigenvalue weighted by Gasteiger charge is -2.46. The summed E-state index contributed by atoms with van der Waals surface area (Å²) in [6.07, 6.45) is 8.44. The van der Waals surface area contributed by atoms with Gasteiger partial charge in [0.15, 0.2) is 0 Å². The van der Waals surface area contributed by atoms with Gasteiger partial charge in [-0.25, -0.2) is 0 Å². The van der Waals surface area contributed by atoms with Gasteiger partial charge in [0.25, 0.3) is 0 Å². The molecule has 2 unspecified atom stereocenters. The fourth-order valence-corrected chi connectivity index (χ4v) is 3.98. The zero-order chi connectivity index (χ0) is 14.6. The van der Waals surface area contributed by atoms with E-state index in [-0.39, 0.29) is 5.54 Å². The molecule has 0 aromatic heterocycles. The first-order valence-corrected chi connectivity index (χ1v) is 8.47. The Labute approximate surface area is 124 Å². The van der Waals surface area contributed by atoms with Gasteiger partial charge in [-0.1, -0.05) is 27.2 Å². The van der Waals surface area contributed by atoms with E-state index in [1.807, 2.05) is 0 Å². The lowest BCUT2D eigenvalue weighted by atomic mass is 9.75. The van der Waals surface area contributed by atoms with Gasteiger partial charge >= 0.3 is 0 Å². The molecule has 2 fully saturated rings. The summed E-state index contributed by atoms with van der Waals surface area (Å²) >= 11 is 0. The van der Waals surface area contributed by atoms with Crippen LogP contribution in [0.3, 0.4) is 0 Å². The van der Waals surface area contributed by atoms with E-state index in [2.05, 4.69) is 37.1 Å². The highest BCUT2D eigenvalue weighted by molar-refractivity contribution is 5.11. The first kappa shape index (κ1) is 15.8. The highest BCUT2D eigenvalue weighted by atomic mass is 15.2. The van der Waals surface area contributed by atoms with Gasteiger partial charge in [-0.05, 0) is 63.6 Å². The standard InChI is InChI=1S/C17H31N3/c1-4-16(3)9-11-20(12-10-16)15-7-6-8-17(13-15,14-18)19-5-2/h15,19H,4-13H2,1-3H3. The Morgan fingerprint density at radius 2 is 1.95 bits per heavy atom. The Balaban J connectivity index is 1.95. The van der Waals surface area contributed by atoms with Gasteiger partial charge in [0.05, 0.1) is 6.07 Å². The molecule has 1 saturated carbocycles. The number of nitriles is 1. The van der Waals surface area contributed by atoms with Crippen molar-refractivity contribution in [1.29, 1.82) is 5.26 Å². The van der Waals surface area contributed by atoms with Crippen molar-refractivity contribution < 1.29 is 0 Å². The molecule has 0 spiro atoms. The van der Waals surface area contributed by atoms with Crippen molar-refractivity contribution in [1.82, 2.24) is 10.2 Å². The maximum Gasteiger partial charge on any atom is 0.108 e. The minimum Gasteiger partial charge on any atom is -0.300 e. The summed E-state index contributed by atoms with van der Waals surface area (Å²) in [5, 5.41) is 13.0. The smallest absolute Gasteiger partial charge is 0.108 e. The van der Waals surface area contributed by atoms with E-state index in [1.165, 1.54) is 45.2 Å². The highest BCUT2D eigenvalue weighted by Gasteiger charge is 2.39. The second-order valence-corrected chi connectivity index (χ2v) is 7.17. The molecule has 1 aliphatic heterocycles. The summed E-state index contributed by atoms with van der Waals surface area (Å²) in [6.45, 7) is 10.2. The van der Waals surface area contributed by atoms with E-state index >= 15 is 0 Å². The number of likely N-dealkylation sites (tertiary alicyclic amines) is 1. The number of piperidine rings is 1. The second-order valence-electron chi connectivity index (χ2n) is 7.17. The Morgan fingerprint density at radius 1 is 1.25 bits per heavy atom. The zero-order valence-electron chi connectivity index (χ0n) is 13.5. The summed E-state index contributed by atoms with van der Waals surface area (Å²) in [6, 6.07) is 3.19. The summed E-state index contributed by atoms with van der Waals surface area (Å²) in [5.74, 6) is 0. The van der Waals surface area contributed by atoms with Gasteiger partial charge < -0.3 is 4.90 Å². The average Bonchev–Trinajstić information content (AvgIpc) is 2.48. The zero-order valence-corrected chi connectivity index (χ0v) is 13.5. The van der Waals surface area contributed by atoms with Crippen molar-refractivity contribution in [2.45, 2.75) is 77.3 Å². The molecule has 1 aliphatic carbocycles. The minimum atomic E-state index is -0.261. The van der Waals surface area contributed by atoms with Crippen molar-refractivity contribution in [3.63, 3.8) is 0 Å².